The third-order valence-electron chi connectivity index (χ3n) is 4.24. The number of nitrogens with zero attached hydrogens (tertiary/aromatic N) is 1. The van der Waals surface area contributed by atoms with E-state index in [0.717, 1.165) is 17.2 Å². The summed E-state index contributed by atoms with van der Waals surface area (Å²) < 4.78 is 5.24. The second kappa shape index (κ2) is 12.0. The molecule has 0 aliphatic carbocycles. The third kappa shape index (κ3) is 7.71. The molecule has 1 atom stereocenters. The average Bonchev–Trinajstić information content (AvgIpc) is 2.78. The molecule has 0 heterocycles. The van der Waals surface area contributed by atoms with E-state index in [0.29, 0.717) is 0 Å². The van der Waals surface area contributed by atoms with E-state index in [1.54, 1.807) is 7.05 Å². The number of ether oxygens (including phenoxy) is 1. The Balaban J connectivity index is 2.02. The number of likely N-dealkylation sites (N-methyl/N-ethyl adjacent to an activating group) is 1. The molecule has 0 aliphatic rings. The zero-order valence-electron chi connectivity index (χ0n) is 16.7. The van der Waals surface area contributed by atoms with Crippen molar-refractivity contribution in [2.75, 3.05) is 13.6 Å². The molecular formula is C23H24N2O5. The minimum Gasteiger partial charge on any atom is -0.445 e. The normalized spacial score (nSPS) is 11.5. The van der Waals surface area contributed by atoms with Crippen LogP contribution in [0.4, 0.5) is 4.79 Å². The van der Waals surface area contributed by atoms with Gasteiger partial charge in [0.05, 0.1) is 0 Å². The zero-order valence-corrected chi connectivity index (χ0v) is 16.7. The highest BCUT2D eigenvalue weighted by Gasteiger charge is 2.24. The van der Waals surface area contributed by atoms with Crippen LogP contribution in [0.2, 0.25) is 0 Å². The molecule has 1 N–H and O–H groups in total. The monoisotopic (exact) mass is 408 g/mol. The Morgan fingerprint density at radius 2 is 1.60 bits per heavy atom. The Morgan fingerprint density at radius 1 is 1.00 bits per heavy atom. The summed E-state index contributed by atoms with van der Waals surface area (Å²) in [5.74, 6) is -1.03. The number of aldehydes is 1. The molecule has 7 heteroatoms. The maximum absolute atomic E-state index is 12.9. The van der Waals surface area contributed by atoms with Crippen LogP contribution in [0, 0.1) is 0 Å². The Kier molecular flexibility index (Phi) is 8.99. The van der Waals surface area contributed by atoms with E-state index < -0.39 is 17.9 Å². The van der Waals surface area contributed by atoms with Crippen molar-refractivity contribution in [2.45, 2.75) is 19.1 Å². The Labute approximate surface area is 175 Å². The summed E-state index contributed by atoms with van der Waals surface area (Å²) in [5.41, 5.74) is 1.71. The van der Waals surface area contributed by atoms with Gasteiger partial charge < -0.3 is 15.0 Å². The van der Waals surface area contributed by atoms with Gasteiger partial charge in [0, 0.05) is 20.0 Å². The maximum Gasteiger partial charge on any atom is 0.408 e. The number of nitrogens with one attached hydrogen (secondary N) is 1. The highest BCUT2D eigenvalue weighted by atomic mass is 16.5. The van der Waals surface area contributed by atoms with Gasteiger partial charge in [0.1, 0.15) is 12.6 Å². The number of benzene rings is 2. The first-order valence-corrected chi connectivity index (χ1v) is 9.41. The molecular weight excluding hydrogens is 384 g/mol. The van der Waals surface area contributed by atoms with Gasteiger partial charge in [0.15, 0.2) is 6.29 Å². The molecule has 2 rings (SSSR count). The lowest BCUT2D eigenvalue weighted by molar-refractivity contribution is -0.131. The predicted octanol–water partition coefficient (Wildman–Crippen LogP) is 2.31. The molecule has 0 saturated carbocycles. The third-order valence-corrected chi connectivity index (χ3v) is 4.24. The van der Waals surface area contributed by atoms with Crippen molar-refractivity contribution >= 4 is 24.1 Å². The predicted molar refractivity (Wildman–Crippen MR) is 112 cm³/mol. The quantitative estimate of drug-likeness (QED) is 0.370. The summed E-state index contributed by atoms with van der Waals surface area (Å²) in [5, 5.41) is 2.63. The minimum absolute atomic E-state index is 0.0886. The molecule has 0 aliphatic heterocycles. The fourth-order valence-electron chi connectivity index (χ4n) is 2.68. The fraction of sp³-hybridized carbons (Fsp3) is 0.217. The van der Waals surface area contributed by atoms with Crippen molar-refractivity contribution in [3.05, 3.63) is 83.9 Å². The van der Waals surface area contributed by atoms with E-state index in [4.69, 9.17) is 4.74 Å². The van der Waals surface area contributed by atoms with Crippen LogP contribution in [0.25, 0.3) is 0 Å². The SMILES string of the molecule is CN(CC=CC(=O)C=O)C(=O)C(Cc1ccccc1)NC(=O)OCc1ccccc1. The van der Waals surface area contributed by atoms with Gasteiger partial charge in [0.2, 0.25) is 11.7 Å². The first-order valence-electron chi connectivity index (χ1n) is 9.41. The van der Waals surface area contributed by atoms with Crippen LogP contribution in [-0.2, 0) is 32.1 Å². The molecule has 0 fully saturated rings. The van der Waals surface area contributed by atoms with E-state index in [2.05, 4.69) is 5.32 Å². The highest BCUT2D eigenvalue weighted by molar-refractivity contribution is 6.30. The van der Waals surface area contributed by atoms with Crippen LogP contribution in [0.3, 0.4) is 0 Å². The van der Waals surface area contributed by atoms with E-state index in [1.807, 2.05) is 60.7 Å². The zero-order chi connectivity index (χ0) is 21.8. The minimum atomic E-state index is -0.851. The lowest BCUT2D eigenvalue weighted by Crippen LogP contribution is -2.48. The Hall–Kier alpha value is -3.74. The summed E-state index contributed by atoms with van der Waals surface area (Å²) in [7, 11) is 1.55. The van der Waals surface area contributed by atoms with Gasteiger partial charge in [-0.15, -0.1) is 0 Å². The molecule has 7 nitrogen and oxygen atoms in total. The Morgan fingerprint density at radius 3 is 2.20 bits per heavy atom. The molecule has 156 valence electrons. The maximum atomic E-state index is 12.9. The van der Waals surface area contributed by atoms with Gasteiger partial charge in [-0.05, 0) is 17.2 Å². The van der Waals surface area contributed by atoms with Crippen molar-refractivity contribution in [2.24, 2.45) is 0 Å². The van der Waals surface area contributed by atoms with Crippen LogP contribution in [0.5, 0.6) is 0 Å². The molecule has 0 radical (unpaired) electrons. The second-order valence-corrected chi connectivity index (χ2v) is 6.59. The lowest BCUT2D eigenvalue weighted by atomic mass is 10.0. The lowest BCUT2D eigenvalue weighted by Gasteiger charge is -2.23. The summed E-state index contributed by atoms with van der Waals surface area (Å²) in [6.07, 6.45) is 2.29. The van der Waals surface area contributed by atoms with E-state index >= 15 is 0 Å². The second-order valence-electron chi connectivity index (χ2n) is 6.59. The average molecular weight is 408 g/mol. The van der Waals surface area contributed by atoms with Gasteiger partial charge in [-0.2, -0.15) is 0 Å². The summed E-state index contributed by atoms with van der Waals surface area (Å²) in [6.45, 7) is 0.204. The van der Waals surface area contributed by atoms with Gasteiger partial charge >= 0.3 is 6.09 Å². The molecule has 0 bridgehead atoms. The topological polar surface area (TPSA) is 92.8 Å². The van der Waals surface area contributed by atoms with Crippen LogP contribution in [0.1, 0.15) is 11.1 Å². The first-order chi connectivity index (χ1) is 14.5. The molecule has 2 amide bonds. The smallest absolute Gasteiger partial charge is 0.408 e. The van der Waals surface area contributed by atoms with Crippen LogP contribution in [0.15, 0.2) is 72.8 Å². The number of rotatable bonds is 10. The molecule has 0 aromatic heterocycles. The standard InChI is InChI=1S/C23H24N2O5/c1-25(14-8-13-20(27)16-26)22(28)21(15-18-9-4-2-5-10-18)24-23(29)30-17-19-11-6-3-7-12-19/h2-13,16,21H,14-15,17H2,1H3,(H,24,29). The van der Waals surface area contributed by atoms with Crippen LogP contribution in [-0.4, -0.2) is 48.6 Å². The Bertz CT molecular complexity index is 881. The summed E-state index contributed by atoms with van der Waals surface area (Å²) in [4.78, 5) is 47.9. The van der Waals surface area contributed by atoms with E-state index in [1.165, 1.54) is 11.0 Å². The molecule has 1 unspecified atom stereocenters. The molecule has 2 aromatic carbocycles. The van der Waals surface area contributed by atoms with E-state index in [-0.39, 0.29) is 31.8 Å². The largest absolute Gasteiger partial charge is 0.445 e. The number of alkyl carbamates (subject to hydrolysis) is 1. The number of carbonyl (C=O) groups is 4. The molecule has 0 saturated heterocycles. The van der Waals surface area contributed by atoms with Crippen molar-refractivity contribution in [3.63, 3.8) is 0 Å². The van der Waals surface area contributed by atoms with E-state index in [9.17, 15) is 19.2 Å². The number of amides is 2. The fourth-order valence-corrected chi connectivity index (χ4v) is 2.68. The number of allylic oxidation sites excluding steroid dienone is 1. The summed E-state index contributed by atoms with van der Waals surface area (Å²) in [6, 6.07) is 17.7. The first kappa shape index (κ1) is 22.5. The van der Waals surface area contributed by atoms with Crippen LogP contribution < -0.4 is 5.32 Å². The van der Waals surface area contributed by atoms with Crippen molar-refractivity contribution in [3.8, 4) is 0 Å². The van der Waals surface area contributed by atoms with Gasteiger partial charge in [-0.3, -0.25) is 14.4 Å². The van der Waals surface area contributed by atoms with Crippen molar-refractivity contribution in [1.29, 1.82) is 0 Å². The highest BCUT2D eigenvalue weighted by Crippen LogP contribution is 2.07. The molecule has 2 aromatic rings. The van der Waals surface area contributed by atoms with Crippen molar-refractivity contribution < 1.29 is 23.9 Å². The van der Waals surface area contributed by atoms with Gasteiger partial charge in [0.25, 0.3) is 0 Å². The van der Waals surface area contributed by atoms with Gasteiger partial charge in [-0.1, -0.05) is 66.7 Å². The van der Waals surface area contributed by atoms with Crippen LogP contribution >= 0.6 is 0 Å². The number of hydrogen-bond donors (Lipinski definition) is 1. The van der Waals surface area contributed by atoms with Crippen molar-refractivity contribution in [1.82, 2.24) is 10.2 Å². The van der Waals surface area contributed by atoms with Gasteiger partial charge in [-0.25, -0.2) is 4.79 Å². The number of carbonyl (C=O) groups excluding carboxylic acids is 4. The number of hydrogen-bond acceptors (Lipinski definition) is 5. The number of ketones is 1. The molecule has 30 heavy (non-hydrogen) atoms. The summed E-state index contributed by atoms with van der Waals surface area (Å²) >= 11 is 0. The molecule has 0 spiro atoms.